The Morgan fingerprint density at radius 3 is 3.05 bits per heavy atom. The van der Waals surface area contributed by atoms with Crippen LogP contribution in [0.1, 0.15) is 12.1 Å². The van der Waals surface area contributed by atoms with Crippen LogP contribution in [0.4, 0.5) is 0 Å². The third-order valence-corrected chi connectivity index (χ3v) is 3.88. The van der Waals surface area contributed by atoms with E-state index in [-0.39, 0.29) is 17.9 Å². The van der Waals surface area contributed by atoms with Crippen LogP contribution >= 0.6 is 0 Å². The summed E-state index contributed by atoms with van der Waals surface area (Å²) in [5.41, 5.74) is 6.31. The average Bonchev–Trinajstić information content (AvgIpc) is 2.53. The van der Waals surface area contributed by atoms with E-state index in [4.69, 9.17) is 15.2 Å². The Balaban J connectivity index is 1.62. The molecular formula is C14H20N4O3. The van der Waals surface area contributed by atoms with Gasteiger partial charge in [-0.3, -0.25) is 9.78 Å². The van der Waals surface area contributed by atoms with E-state index in [9.17, 15) is 4.79 Å². The fraction of sp³-hybridized carbons (Fsp3) is 0.571. The van der Waals surface area contributed by atoms with Crippen molar-refractivity contribution < 1.29 is 14.3 Å². The summed E-state index contributed by atoms with van der Waals surface area (Å²) in [5, 5.41) is 6.57. The summed E-state index contributed by atoms with van der Waals surface area (Å²) >= 11 is 0. The van der Waals surface area contributed by atoms with Crippen molar-refractivity contribution in [2.45, 2.75) is 19.0 Å². The normalized spacial score (nSPS) is 24.6. The van der Waals surface area contributed by atoms with Crippen LogP contribution in [0.3, 0.4) is 0 Å². The molecule has 21 heavy (non-hydrogen) atoms. The summed E-state index contributed by atoms with van der Waals surface area (Å²) < 4.78 is 11.0. The zero-order chi connectivity index (χ0) is 14.7. The van der Waals surface area contributed by atoms with E-state index in [0.29, 0.717) is 32.1 Å². The number of piperidine rings is 1. The van der Waals surface area contributed by atoms with Crippen LogP contribution in [0.25, 0.3) is 0 Å². The highest BCUT2D eigenvalue weighted by Gasteiger charge is 2.28. The number of hydrogen-bond acceptors (Lipinski definition) is 6. The standard InChI is InChI=1S/C14H20N4O3/c15-14(19)10-7-16-2-1-11(10)18-6-9-5-12-13(8-17-9)21-4-3-20-12/h5,8,10-11,16,18H,1-4,6-7H2,(H2,15,19). The zero-order valence-electron chi connectivity index (χ0n) is 11.8. The number of carbonyl (C=O) groups is 1. The van der Waals surface area contributed by atoms with Crippen LogP contribution < -0.4 is 25.8 Å². The Kier molecular flexibility index (Phi) is 4.21. The first-order valence-electron chi connectivity index (χ1n) is 7.22. The molecule has 0 aliphatic carbocycles. The molecule has 2 aliphatic heterocycles. The zero-order valence-corrected chi connectivity index (χ0v) is 11.8. The molecule has 7 heteroatoms. The largest absolute Gasteiger partial charge is 0.486 e. The summed E-state index contributed by atoms with van der Waals surface area (Å²) in [4.78, 5) is 15.8. The number of pyridine rings is 1. The molecule has 4 N–H and O–H groups in total. The van der Waals surface area contributed by atoms with Gasteiger partial charge in [-0.1, -0.05) is 0 Å². The van der Waals surface area contributed by atoms with Gasteiger partial charge in [-0.25, -0.2) is 0 Å². The van der Waals surface area contributed by atoms with Gasteiger partial charge in [0.05, 0.1) is 17.8 Å². The van der Waals surface area contributed by atoms with Gasteiger partial charge >= 0.3 is 0 Å². The van der Waals surface area contributed by atoms with E-state index in [1.54, 1.807) is 6.20 Å². The fourth-order valence-corrected chi connectivity index (χ4v) is 2.72. The van der Waals surface area contributed by atoms with Crippen molar-refractivity contribution in [3.8, 4) is 11.5 Å². The molecule has 0 bridgehead atoms. The molecule has 1 aromatic rings. The van der Waals surface area contributed by atoms with E-state index >= 15 is 0 Å². The van der Waals surface area contributed by atoms with E-state index < -0.39 is 0 Å². The van der Waals surface area contributed by atoms with Crippen molar-refractivity contribution in [3.05, 3.63) is 18.0 Å². The number of primary amides is 1. The maximum atomic E-state index is 11.5. The Morgan fingerprint density at radius 1 is 1.43 bits per heavy atom. The van der Waals surface area contributed by atoms with E-state index in [1.165, 1.54) is 0 Å². The summed E-state index contributed by atoms with van der Waals surface area (Å²) in [6.07, 6.45) is 2.55. The number of rotatable bonds is 4. The fourth-order valence-electron chi connectivity index (χ4n) is 2.72. The molecule has 0 spiro atoms. The second-order valence-electron chi connectivity index (χ2n) is 5.31. The summed E-state index contributed by atoms with van der Waals surface area (Å²) in [7, 11) is 0. The van der Waals surface area contributed by atoms with E-state index in [2.05, 4.69) is 15.6 Å². The minimum absolute atomic E-state index is 0.0822. The van der Waals surface area contributed by atoms with Gasteiger partial charge in [0.2, 0.25) is 5.91 Å². The first-order valence-corrected chi connectivity index (χ1v) is 7.22. The molecule has 7 nitrogen and oxygen atoms in total. The monoisotopic (exact) mass is 292 g/mol. The van der Waals surface area contributed by atoms with Crippen molar-refractivity contribution >= 4 is 5.91 Å². The third-order valence-electron chi connectivity index (χ3n) is 3.88. The predicted molar refractivity (Wildman–Crippen MR) is 76.0 cm³/mol. The average molecular weight is 292 g/mol. The molecule has 0 radical (unpaired) electrons. The number of aromatic nitrogens is 1. The first kappa shape index (κ1) is 14.1. The summed E-state index contributed by atoms with van der Waals surface area (Å²) in [6, 6.07) is 1.96. The quantitative estimate of drug-likeness (QED) is 0.686. The van der Waals surface area contributed by atoms with Gasteiger partial charge in [0, 0.05) is 25.2 Å². The predicted octanol–water partition coefficient (Wildman–Crippen LogP) is -0.594. The van der Waals surface area contributed by atoms with Crippen molar-refractivity contribution in [1.29, 1.82) is 0 Å². The molecule has 1 amide bonds. The van der Waals surface area contributed by atoms with Gasteiger partial charge in [0.25, 0.3) is 0 Å². The van der Waals surface area contributed by atoms with Gasteiger partial charge in [0.1, 0.15) is 13.2 Å². The number of nitrogens with one attached hydrogen (secondary N) is 2. The van der Waals surface area contributed by atoms with Crippen molar-refractivity contribution in [1.82, 2.24) is 15.6 Å². The lowest BCUT2D eigenvalue weighted by Crippen LogP contribution is -2.52. The van der Waals surface area contributed by atoms with Crippen molar-refractivity contribution in [3.63, 3.8) is 0 Å². The Labute approximate surface area is 123 Å². The van der Waals surface area contributed by atoms with Crippen LogP contribution in [0.5, 0.6) is 11.5 Å². The first-order chi connectivity index (χ1) is 10.2. The highest BCUT2D eigenvalue weighted by molar-refractivity contribution is 5.77. The maximum absolute atomic E-state index is 11.5. The number of nitrogens with zero attached hydrogens (tertiary/aromatic N) is 1. The SMILES string of the molecule is NC(=O)C1CNCCC1NCc1cc2c(cn1)OCCO2. The molecule has 114 valence electrons. The lowest BCUT2D eigenvalue weighted by molar-refractivity contribution is -0.123. The smallest absolute Gasteiger partial charge is 0.223 e. The van der Waals surface area contributed by atoms with Gasteiger partial charge in [-0.2, -0.15) is 0 Å². The molecule has 2 aliphatic rings. The summed E-state index contributed by atoms with van der Waals surface area (Å²) in [6.45, 7) is 3.20. The van der Waals surface area contributed by atoms with E-state index in [1.807, 2.05) is 6.07 Å². The van der Waals surface area contributed by atoms with Crippen LogP contribution in [0.2, 0.25) is 0 Å². The molecular weight excluding hydrogens is 272 g/mol. The van der Waals surface area contributed by atoms with Crippen LogP contribution in [0.15, 0.2) is 12.3 Å². The maximum Gasteiger partial charge on any atom is 0.223 e. The number of amides is 1. The number of carbonyl (C=O) groups excluding carboxylic acids is 1. The van der Waals surface area contributed by atoms with Gasteiger partial charge in [-0.15, -0.1) is 0 Å². The number of nitrogens with two attached hydrogens (primary N) is 1. The van der Waals surface area contributed by atoms with Crippen LogP contribution in [-0.2, 0) is 11.3 Å². The molecule has 1 saturated heterocycles. The molecule has 3 heterocycles. The topological polar surface area (TPSA) is 98.5 Å². The second kappa shape index (κ2) is 6.28. The Bertz CT molecular complexity index is 523. The number of fused-ring (bicyclic) bond motifs is 1. The minimum Gasteiger partial charge on any atom is -0.486 e. The molecule has 0 saturated carbocycles. The molecule has 1 aromatic heterocycles. The number of hydrogen-bond donors (Lipinski definition) is 3. The molecule has 0 aromatic carbocycles. The van der Waals surface area contributed by atoms with Gasteiger partial charge < -0.3 is 25.8 Å². The van der Waals surface area contributed by atoms with Crippen molar-refractivity contribution in [2.24, 2.45) is 11.7 Å². The highest BCUT2D eigenvalue weighted by Crippen LogP contribution is 2.29. The van der Waals surface area contributed by atoms with Gasteiger partial charge in [-0.05, 0) is 13.0 Å². The van der Waals surface area contributed by atoms with Crippen molar-refractivity contribution in [2.75, 3.05) is 26.3 Å². The van der Waals surface area contributed by atoms with Crippen LogP contribution in [0, 0.1) is 5.92 Å². The number of ether oxygens (including phenoxy) is 2. The lowest BCUT2D eigenvalue weighted by Gasteiger charge is -2.30. The van der Waals surface area contributed by atoms with Gasteiger partial charge in [0.15, 0.2) is 11.5 Å². The third kappa shape index (κ3) is 3.25. The minimum atomic E-state index is -0.269. The lowest BCUT2D eigenvalue weighted by atomic mass is 9.92. The van der Waals surface area contributed by atoms with Crippen LogP contribution in [-0.4, -0.2) is 43.2 Å². The Morgan fingerprint density at radius 2 is 2.24 bits per heavy atom. The molecule has 2 unspecified atom stereocenters. The Hall–Kier alpha value is -1.86. The molecule has 2 atom stereocenters. The van der Waals surface area contributed by atoms with E-state index in [0.717, 1.165) is 24.4 Å². The molecule has 1 fully saturated rings. The highest BCUT2D eigenvalue weighted by atomic mass is 16.6. The molecule has 3 rings (SSSR count). The summed E-state index contributed by atoms with van der Waals surface area (Å²) in [5.74, 6) is 0.956. The second-order valence-corrected chi connectivity index (χ2v) is 5.31.